The standard InChI is InChI=1S/C9H20N2O4S/c1-5-11(4)16(14,15)10-8(9(12)13)6-7(2)3/h7-8,10H,5-6H2,1-4H3,(H,12,13)/t8-/m1/s1. The van der Waals surface area contributed by atoms with Gasteiger partial charge in [0.25, 0.3) is 10.2 Å². The molecule has 96 valence electrons. The Morgan fingerprint density at radius 1 is 1.44 bits per heavy atom. The van der Waals surface area contributed by atoms with E-state index >= 15 is 0 Å². The molecular formula is C9H20N2O4S. The van der Waals surface area contributed by atoms with Crippen molar-refractivity contribution in [1.82, 2.24) is 9.03 Å². The van der Waals surface area contributed by atoms with Crippen LogP contribution in [0, 0.1) is 5.92 Å². The Bertz CT molecular complexity index is 326. The summed E-state index contributed by atoms with van der Waals surface area (Å²) >= 11 is 0. The number of hydrogen-bond acceptors (Lipinski definition) is 3. The molecular weight excluding hydrogens is 232 g/mol. The van der Waals surface area contributed by atoms with Crippen molar-refractivity contribution in [3.8, 4) is 0 Å². The molecule has 2 N–H and O–H groups in total. The van der Waals surface area contributed by atoms with Crippen molar-refractivity contribution in [2.75, 3.05) is 13.6 Å². The van der Waals surface area contributed by atoms with E-state index in [0.717, 1.165) is 4.31 Å². The third-order valence-corrected chi connectivity index (χ3v) is 3.81. The molecule has 0 saturated carbocycles. The normalized spacial score (nSPS) is 14.4. The van der Waals surface area contributed by atoms with Gasteiger partial charge >= 0.3 is 5.97 Å². The summed E-state index contributed by atoms with van der Waals surface area (Å²) in [5.74, 6) is -1.04. The summed E-state index contributed by atoms with van der Waals surface area (Å²) in [5.41, 5.74) is 0. The smallest absolute Gasteiger partial charge is 0.321 e. The Morgan fingerprint density at radius 3 is 2.25 bits per heavy atom. The van der Waals surface area contributed by atoms with E-state index in [1.54, 1.807) is 6.92 Å². The van der Waals surface area contributed by atoms with E-state index in [9.17, 15) is 13.2 Å². The maximum Gasteiger partial charge on any atom is 0.321 e. The molecule has 0 rings (SSSR count). The van der Waals surface area contributed by atoms with E-state index in [-0.39, 0.29) is 12.3 Å². The number of hydrogen-bond donors (Lipinski definition) is 2. The van der Waals surface area contributed by atoms with E-state index in [1.165, 1.54) is 7.05 Å². The molecule has 0 aromatic heterocycles. The summed E-state index contributed by atoms with van der Waals surface area (Å²) in [5, 5.41) is 8.89. The van der Waals surface area contributed by atoms with Crippen LogP contribution in [0.3, 0.4) is 0 Å². The van der Waals surface area contributed by atoms with Gasteiger partial charge in [0, 0.05) is 13.6 Å². The number of carbonyl (C=O) groups is 1. The first-order valence-corrected chi connectivity index (χ1v) is 6.61. The molecule has 0 heterocycles. The van der Waals surface area contributed by atoms with Crippen LogP contribution in [0.2, 0.25) is 0 Å². The van der Waals surface area contributed by atoms with Crippen LogP contribution in [0.1, 0.15) is 27.2 Å². The highest BCUT2D eigenvalue weighted by Gasteiger charge is 2.26. The molecule has 7 heteroatoms. The van der Waals surface area contributed by atoms with Crippen LogP contribution in [0.25, 0.3) is 0 Å². The molecule has 16 heavy (non-hydrogen) atoms. The number of nitrogens with one attached hydrogen (secondary N) is 1. The minimum Gasteiger partial charge on any atom is -0.480 e. The number of aliphatic carboxylic acids is 1. The lowest BCUT2D eigenvalue weighted by Crippen LogP contribution is -2.47. The van der Waals surface area contributed by atoms with Gasteiger partial charge in [0.2, 0.25) is 0 Å². The van der Waals surface area contributed by atoms with Crippen molar-refractivity contribution in [3.63, 3.8) is 0 Å². The molecule has 0 radical (unpaired) electrons. The van der Waals surface area contributed by atoms with Gasteiger partial charge in [0.15, 0.2) is 0 Å². The van der Waals surface area contributed by atoms with Gasteiger partial charge in [-0.25, -0.2) is 0 Å². The topological polar surface area (TPSA) is 86.7 Å². The number of carboxylic acid groups (broad SMARTS) is 1. The third-order valence-electron chi connectivity index (χ3n) is 2.15. The largest absolute Gasteiger partial charge is 0.480 e. The van der Waals surface area contributed by atoms with Crippen LogP contribution in [0.15, 0.2) is 0 Å². The number of nitrogens with zero attached hydrogens (tertiary/aromatic N) is 1. The summed E-state index contributed by atoms with van der Waals surface area (Å²) in [6.45, 7) is 5.66. The van der Waals surface area contributed by atoms with Crippen molar-refractivity contribution < 1.29 is 18.3 Å². The molecule has 0 amide bonds. The first-order chi connectivity index (χ1) is 7.20. The van der Waals surface area contributed by atoms with Crippen LogP contribution in [-0.2, 0) is 15.0 Å². The highest BCUT2D eigenvalue weighted by Crippen LogP contribution is 2.07. The Balaban J connectivity index is 4.69. The highest BCUT2D eigenvalue weighted by atomic mass is 32.2. The Morgan fingerprint density at radius 2 is 1.94 bits per heavy atom. The van der Waals surface area contributed by atoms with E-state index in [0.29, 0.717) is 6.54 Å². The zero-order valence-corrected chi connectivity index (χ0v) is 10.9. The van der Waals surface area contributed by atoms with Crippen LogP contribution in [0.5, 0.6) is 0 Å². The van der Waals surface area contributed by atoms with Gasteiger partial charge < -0.3 is 5.11 Å². The second-order valence-electron chi connectivity index (χ2n) is 4.06. The average Bonchev–Trinajstić information content (AvgIpc) is 2.14. The minimum absolute atomic E-state index is 0.107. The quantitative estimate of drug-likeness (QED) is 0.681. The zero-order chi connectivity index (χ0) is 12.9. The Labute approximate surface area is 96.8 Å². The molecule has 6 nitrogen and oxygen atoms in total. The molecule has 0 aliphatic carbocycles. The van der Waals surface area contributed by atoms with E-state index in [1.807, 2.05) is 13.8 Å². The van der Waals surface area contributed by atoms with Crippen LogP contribution in [-0.4, -0.2) is 43.4 Å². The van der Waals surface area contributed by atoms with E-state index in [2.05, 4.69) is 4.72 Å². The fourth-order valence-electron chi connectivity index (χ4n) is 1.11. The van der Waals surface area contributed by atoms with Gasteiger partial charge in [-0.2, -0.15) is 17.4 Å². The van der Waals surface area contributed by atoms with Crippen molar-refractivity contribution in [1.29, 1.82) is 0 Å². The van der Waals surface area contributed by atoms with Gasteiger partial charge in [-0.1, -0.05) is 20.8 Å². The van der Waals surface area contributed by atoms with Gasteiger partial charge in [-0.05, 0) is 12.3 Å². The minimum atomic E-state index is -3.70. The molecule has 1 atom stereocenters. The molecule has 0 fully saturated rings. The monoisotopic (exact) mass is 252 g/mol. The first kappa shape index (κ1) is 15.3. The summed E-state index contributed by atoms with van der Waals surface area (Å²) in [6.07, 6.45) is 0.270. The molecule has 0 saturated heterocycles. The van der Waals surface area contributed by atoms with E-state index < -0.39 is 22.2 Å². The lowest BCUT2D eigenvalue weighted by Gasteiger charge is -2.20. The van der Waals surface area contributed by atoms with Gasteiger partial charge in [-0.3, -0.25) is 4.79 Å². The third kappa shape index (κ3) is 4.91. The second-order valence-corrected chi connectivity index (χ2v) is 5.87. The van der Waals surface area contributed by atoms with Gasteiger partial charge in [0.1, 0.15) is 6.04 Å². The van der Waals surface area contributed by atoms with Crippen molar-refractivity contribution in [2.24, 2.45) is 5.92 Å². The molecule has 0 aromatic rings. The summed E-state index contributed by atoms with van der Waals surface area (Å²) in [4.78, 5) is 10.9. The highest BCUT2D eigenvalue weighted by molar-refractivity contribution is 7.87. The zero-order valence-electron chi connectivity index (χ0n) is 10.1. The van der Waals surface area contributed by atoms with Crippen molar-refractivity contribution >= 4 is 16.2 Å². The summed E-state index contributed by atoms with van der Waals surface area (Å²) < 4.78 is 26.5. The average molecular weight is 252 g/mol. The molecule has 0 bridgehead atoms. The predicted molar refractivity (Wildman–Crippen MR) is 61.2 cm³/mol. The number of rotatable bonds is 7. The maximum absolute atomic E-state index is 11.6. The maximum atomic E-state index is 11.6. The van der Waals surface area contributed by atoms with E-state index in [4.69, 9.17) is 5.11 Å². The molecule has 0 aliphatic rings. The molecule has 0 unspecified atom stereocenters. The Kier molecular flexibility index (Phi) is 5.91. The molecule has 0 spiro atoms. The van der Waals surface area contributed by atoms with Crippen LogP contribution < -0.4 is 4.72 Å². The van der Waals surface area contributed by atoms with Gasteiger partial charge in [-0.15, -0.1) is 0 Å². The fraction of sp³-hybridized carbons (Fsp3) is 0.889. The van der Waals surface area contributed by atoms with Gasteiger partial charge in [0.05, 0.1) is 0 Å². The van der Waals surface area contributed by atoms with Crippen LogP contribution in [0.4, 0.5) is 0 Å². The molecule has 0 aromatic carbocycles. The summed E-state index contributed by atoms with van der Waals surface area (Å²) in [6, 6.07) is -1.07. The summed E-state index contributed by atoms with van der Waals surface area (Å²) in [7, 11) is -2.30. The van der Waals surface area contributed by atoms with Crippen LogP contribution >= 0.6 is 0 Å². The Hall–Kier alpha value is -0.660. The molecule has 0 aliphatic heterocycles. The SMILES string of the molecule is CCN(C)S(=O)(=O)N[C@H](CC(C)C)C(=O)O. The van der Waals surface area contributed by atoms with Crippen molar-refractivity contribution in [3.05, 3.63) is 0 Å². The lowest BCUT2D eigenvalue weighted by molar-refractivity contribution is -0.139. The number of carboxylic acids is 1. The van der Waals surface area contributed by atoms with Crippen molar-refractivity contribution in [2.45, 2.75) is 33.2 Å². The first-order valence-electron chi connectivity index (χ1n) is 5.17. The fourth-order valence-corrected chi connectivity index (χ4v) is 2.19. The predicted octanol–water partition coefficient (Wildman–Crippen LogP) is 0.272. The second kappa shape index (κ2) is 6.17. The lowest BCUT2D eigenvalue weighted by atomic mass is 10.1.